The lowest BCUT2D eigenvalue weighted by atomic mass is 10.1. The lowest BCUT2D eigenvalue weighted by molar-refractivity contribution is -0.140. The molecular formula is C11H11BrN2O3S. The first kappa shape index (κ1) is 13.2. The van der Waals surface area contributed by atoms with Crippen LogP contribution in [0.3, 0.4) is 0 Å². The van der Waals surface area contributed by atoms with Gasteiger partial charge in [-0.05, 0) is 34.1 Å². The average Bonchev–Trinajstić information content (AvgIpc) is 2.81. The first-order valence-corrected chi connectivity index (χ1v) is 7.12. The van der Waals surface area contributed by atoms with Gasteiger partial charge in [0.15, 0.2) is 0 Å². The number of thioether (sulfide) groups is 1. The summed E-state index contributed by atoms with van der Waals surface area (Å²) < 4.78 is 0.632. The van der Waals surface area contributed by atoms with Gasteiger partial charge in [0.2, 0.25) is 0 Å². The van der Waals surface area contributed by atoms with E-state index in [2.05, 4.69) is 15.9 Å². The fourth-order valence-corrected chi connectivity index (χ4v) is 3.20. The molecule has 96 valence electrons. The van der Waals surface area contributed by atoms with E-state index in [1.54, 1.807) is 18.2 Å². The number of aliphatic carboxylic acids is 1. The Kier molecular flexibility index (Phi) is 3.82. The molecule has 1 saturated heterocycles. The summed E-state index contributed by atoms with van der Waals surface area (Å²) in [7, 11) is 0. The van der Waals surface area contributed by atoms with E-state index in [9.17, 15) is 9.59 Å². The van der Waals surface area contributed by atoms with E-state index in [4.69, 9.17) is 10.8 Å². The highest BCUT2D eigenvalue weighted by molar-refractivity contribution is 9.10. The van der Waals surface area contributed by atoms with Crippen molar-refractivity contribution in [2.45, 2.75) is 6.04 Å². The second kappa shape index (κ2) is 5.19. The molecule has 18 heavy (non-hydrogen) atoms. The molecule has 0 aliphatic carbocycles. The Labute approximate surface area is 116 Å². The fraction of sp³-hybridized carbons (Fsp3) is 0.273. The number of benzene rings is 1. The van der Waals surface area contributed by atoms with Gasteiger partial charge in [-0.2, -0.15) is 0 Å². The predicted octanol–water partition coefficient (Wildman–Crippen LogP) is 1.63. The molecule has 0 bridgehead atoms. The SMILES string of the molecule is Nc1ccc(C(=O)N2CSCC2C(=O)O)cc1Br. The molecule has 1 fully saturated rings. The molecule has 1 aromatic carbocycles. The molecule has 5 nitrogen and oxygen atoms in total. The van der Waals surface area contributed by atoms with E-state index in [1.807, 2.05) is 0 Å². The number of nitrogen functional groups attached to an aromatic ring is 1. The number of carboxylic acid groups (broad SMARTS) is 1. The molecule has 0 aromatic heterocycles. The second-order valence-corrected chi connectivity index (χ2v) is 5.72. The van der Waals surface area contributed by atoms with Crippen molar-refractivity contribution in [2.24, 2.45) is 0 Å². The highest BCUT2D eigenvalue weighted by atomic mass is 79.9. The third-order valence-corrected chi connectivity index (χ3v) is 4.37. The zero-order valence-electron chi connectivity index (χ0n) is 9.30. The lowest BCUT2D eigenvalue weighted by Gasteiger charge is -2.20. The van der Waals surface area contributed by atoms with Crippen molar-refractivity contribution in [1.29, 1.82) is 0 Å². The van der Waals surface area contributed by atoms with Crippen LogP contribution in [0, 0.1) is 0 Å². The molecule has 0 saturated carbocycles. The highest BCUT2D eigenvalue weighted by Crippen LogP contribution is 2.26. The number of hydrogen-bond acceptors (Lipinski definition) is 4. The predicted molar refractivity (Wildman–Crippen MR) is 73.5 cm³/mol. The summed E-state index contributed by atoms with van der Waals surface area (Å²) in [6.07, 6.45) is 0. The molecule has 0 radical (unpaired) electrons. The number of carbonyl (C=O) groups excluding carboxylic acids is 1. The Hall–Kier alpha value is -1.21. The number of carbonyl (C=O) groups is 2. The van der Waals surface area contributed by atoms with Crippen LogP contribution >= 0.6 is 27.7 Å². The van der Waals surface area contributed by atoms with Crippen molar-refractivity contribution in [3.05, 3.63) is 28.2 Å². The lowest BCUT2D eigenvalue weighted by Crippen LogP contribution is -2.41. The molecule has 1 aliphatic heterocycles. The van der Waals surface area contributed by atoms with E-state index < -0.39 is 12.0 Å². The Morgan fingerprint density at radius 3 is 2.83 bits per heavy atom. The molecule has 1 unspecified atom stereocenters. The van der Waals surface area contributed by atoms with Crippen molar-refractivity contribution in [3.8, 4) is 0 Å². The molecule has 3 N–H and O–H groups in total. The minimum Gasteiger partial charge on any atom is -0.480 e. The summed E-state index contributed by atoms with van der Waals surface area (Å²) in [6.45, 7) is 0. The van der Waals surface area contributed by atoms with Crippen LogP contribution in [0.1, 0.15) is 10.4 Å². The van der Waals surface area contributed by atoms with E-state index in [0.717, 1.165) is 0 Å². The van der Waals surface area contributed by atoms with Crippen LogP contribution in [0.5, 0.6) is 0 Å². The standard InChI is InChI=1S/C11H11BrN2O3S/c12-7-3-6(1-2-8(7)13)10(15)14-5-18-4-9(14)11(16)17/h1-3,9H,4-5,13H2,(H,16,17). The summed E-state index contributed by atoms with van der Waals surface area (Å²) in [6, 6.07) is 4.08. The second-order valence-electron chi connectivity index (χ2n) is 3.87. The maximum Gasteiger partial charge on any atom is 0.327 e. The van der Waals surface area contributed by atoms with Gasteiger partial charge in [0.25, 0.3) is 5.91 Å². The van der Waals surface area contributed by atoms with Crippen molar-refractivity contribution in [2.75, 3.05) is 17.4 Å². The molecule has 1 heterocycles. The monoisotopic (exact) mass is 330 g/mol. The van der Waals surface area contributed by atoms with Crippen molar-refractivity contribution < 1.29 is 14.7 Å². The van der Waals surface area contributed by atoms with Gasteiger partial charge in [-0.15, -0.1) is 11.8 Å². The molecule has 1 aliphatic rings. The number of hydrogen-bond donors (Lipinski definition) is 2. The number of rotatable bonds is 2. The van der Waals surface area contributed by atoms with Crippen molar-refractivity contribution in [1.82, 2.24) is 4.90 Å². The van der Waals surface area contributed by atoms with Gasteiger partial charge >= 0.3 is 5.97 Å². The Morgan fingerprint density at radius 2 is 2.22 bits per heavy atom. The molecule has 7 heteroatoms. The van der Waals surface area contributed by atoms with E-state index in [-0.39, 0.29) is 5.91 Å². The largest absolute Gasteiger partial charge is 0.480 e. The number of carboxylic acids is 1. The third kappa shape index (κ3) is 2.46. The summed E-state index contributed by atoms with van der Waals surface area (Å²) in [5, 5.41) is 9.04. The van der Waals surface area contributed by atoms with Crippen LogP contribution in [0.15, 0.2) is 22.7 Å². The average molecular weight is 331 g/mol. The first-order valence-electron chi connectivity index (χ1n) is 5.17. The summed E-state index contributed by atoms with van der Waals surface area (Å²) >= 11 is 4.69. The van der Waals surface area contributed by atoms with Gasteiger partial charge < -0.3 is 15.7 Å². The molecule has 1 amide bonds. The topological polar surface area (TPSA) is 83.6 Å². The smallest absolute Gasteiger partial charge is 0.327 e. The van der Waals surface area contributed by atoms with Gasteiger partial charge in [-0.3, -0.25) is 4.79 Å². The Balaban J connectivity index is 2.25. The Bertz CT molecular complexity index is 509. The van der Waals surface area contributed by atoms with Crippen LogP contribution < -0.4 is 5.73 Å². The van der Waals surface area contributed by atoms with Crippen LogP contribution in [-0.2, 0) is 4.79 Å². The molecule has 1 aromatic rings. The third-order valence-electron chi connectivity index (χ3n) is 2.68. The van der Waals surface area contributed by atoms with E-state index in [0.29, 0.717) is 27.4 Å². The van der Waals surface area contributed by atoms with Crippen LogP contribution in [0.25, 0.3) is 0 Å². The highest BCUT2D eigenvalue weighted by Gasteiger charge is 2.35. The molecule has 2 rings (SSSR count). The number of halogens is 1. The van der Waals surface area contributed by atoms with Crippen LogP contribution in [0.2, 0.25) is 0 Å². The number of anilines is 1. The van der Waals surface area contributed by atoms with Gasteiger partial charge in [0.05, 0.1) is 5.88 Å². The zero-order valence-corrected chi connectivity index (χ0v) is 11.7. The molecule has 1 atom stereocenters. The van der Waals surface area contributed by atoms with Crippen molar-refractivity contribution >= 4 is 45.3 Å². The van der Waals surface area contributed by atoms with E-state index in [1.165, 1.54) is 16.7 Å². The number of nitrogens with two attached hydrogens (primary N) is 1. The normalized spacial score (nSPS) is 18.9. The molecule has 0 spiro atoms. The van der Waals surface area contributed by atoms with Gasteiger partial charge in [-0.25, -0.2) is 4.79 Å². The van der Waals surface area contributed by atoms with Gasteiger partial charge in [-0.1, -0.05) is 0 Å². The maximum absolute atomic E-state index is 12.2. The minimum absolute atomic E-state index is 0.284. The first-order chi connectivity index (χ1) is 8.50. The van der Waals surface area contributed by atoms with Crippen molar-refractivity contribution in [3.63, 3.8) is 0 Å². The fourth-order valence-electron chi connectivity index (χ4n) is 1.67. The van der Waals surface area contributed by atoms with Crippen LogP contribution in [-0.4, -0.2) is 39.6 Å². The van der Waals surface area contributed by atoms with Gasteiger partial charge in [0.1, 0.15) is 6.04 Å². The van der Waals surface area contributed by atoms with Gasteiger partial charge in [0, 0.05) is 21.5 Å². The zero-order chi connectivity index (χ0) is 13.3. The summed E-state index contributed by atoms with van der Waals surface area (Å²) in [4.78, 5) is 24.6. The Morgan fingerprint density at radius 1 is 1.50 bits per heavy atom. The minimum atomic E-state index is -0.970. The number of nitrogens with zero attached hydrogens (tertiary/aromatic N) is 1. The number of amides is 1. The van der Waals surface area contributed by atoms with E-state index >= 15 is 0 Å². The summed E-state index contributed by atoms with van der Waals surface area (Å²) in [5.41, 5.74) is 6.62. The quantitative estimate of drug-likeness (QED) is 0.805. The molecular weight excluding hydrogens is 320 g/mol. The maximum atomic E-state index is 12.2. The van der Waals surface area contributed by atoms with Crippen LogP contribution in [0.4, 0.5) is 5.69 Å². The summed E-state index contributed by atoms with van der Waals surface area (Å²) in [5.74, 6) is -0.425.